The Bertz CT molecular complexity index is 103. The summed E-state index contributed by atoms with van der Waals surface area (Å²) in [5.74, 6) is 0. The molecule has 12 heavy (non-hydrogen) atoms. The summed E-state index contributed by atoms with van der Waals surface area (Å²) < 4.78 is 0. The SMILES string of the molecule is C=CC(C)=C(C)C.CC.CCC. The maximum absolute atomic E-state index is 3.62. The van der Waals surface area contributed by atoms with Crippen molar-refractivity contribution in [2.24, 2.45) is 0 Å². The molecule has 0 spiro atoms. The van der Waals surface area contributed by atoms with Gasteiger partial charge in [-0.3, -0.25) is 0 Å². The first kappa shape index (κ1) is 17.5. The predicted octanol–water partition coefficient (Wildman–Crippen LogP) is 4.97. The average Bonchev–Trinajstić information content (AvgIpc) is 2.08. The van der Waals surface area contributed by atoms with E-state index in [0.717, 1.165) is 0 Å². The lowest BCUT2D eigenvalue weighted by Crippen LogP contribution is -1.69. The first-order chi connectivity index (χ1) is 5.59. The minimum Gasteiger partial charge on any atom is -0.0988 e. The molecule has 0 saturated heterocycles. The zero-order chi connectivity index (χ0) is 10.6. The van der Waals surface area contributed by atoms with Crippen molar-refractivity contribution in [2.75, 3.05) is 0 Å². The number of hydrogen-bond acceptors (Lipinski definition) is 0. The molecule has 0 heteroatoms. The second-order valence-electron chi connectivity index (χ2n) is 2.59. The number of allylic oxidation sites excluding steroid dienone is 3. The predicted molar refractivity (Wildman–Crippen MR) is 61.6 cm³/mol. The van der Waals surface area contributed by atoms with Crippen LogP contribution in [0.25, 0.3) is 0 Å². The Balaban J connectivity index is -0.000000137. The van der Waals surface area contributed by atoms with Crippen LogP contribution in [0.5, 0.6) is 0 Å². The molecular formula is C12H26. The van der Waals surface area contributed by atoms with Gasteiger partial charge >= 0.3 is 0 Å². The van der Waals surface area contributed by atoms with Gasteiger partial charge in [-0.05, 0) is 20.8 Å². The Morgan fingerprint density at radius 3 is 1.33 bits per heavy atom. The minimum absolute atomic E-state index is 1.25. The van der Waals surface area contributed by atoms with Crippen molar-refractivity contribution in [3.05, 3.63) is 23.8 Å². The highest BCUT2D eigenvalue weighted by atomic mass is 13.9. The van der Waals surface area contributed by atoms with E-state index in [4.69, 9.17) is 0 Å². The van der Waals surface area contributed by atoms with Crippen LogP contribution in [-0.2, 0) is 0 Å². The van der Waals surface area contributed by atoms with Crippen molar-refractivity contribution in [1.29, 1.82) is 0 Å². The summed E-state index contributed by atoms with van der Waals surface area (Å²) in [6, 6.07) is 0. The molecule has 0 aliphatic heterocycles. The van der Waals surface area contributed by atoms with E-state index in [2.05, 4.69) is 41.2 Å². The lowest BCUT2D eigenvalue weighted by atomic mass is 10.2. The van der Waals surface area contributed by atoms with Crippen molar-refractivity contribution < 1.29 is 0 Å². The van der Waals surface area contributed by atoms with Gasteiger partial charge in [-0.2, -0.15) is 0 Å². The highest BCUT2D eigenvalue weighted by molar-refractivity contribution is 5.18. The van der Waals surface area contributed by atoms with Gasteiger partial charge in [0.05, 0.1) is 0 Å². The van der Waals surface area contributed by atoms with Crippen molar-refractivity contribution in [3.8, 4) is 0 Å². The summed E-state index contributed by atoms with van der Waals surface area (Å²) in [7, 11) is 0. The van der Waals surface area contributed by atoms with Gasteiger partial charge in [0.2, 0.25) is 0 Å². The van der Waals surface area contributed by atoms with Crippen molar-refractivity contribution >= 4 is 0 Å². The summed E-state index contributed by atoms with van der Waals surface area (Å²) in [4.78, 5) is 0. The highest BCUT2D eigenvalue weighted by Crippen LogP contribution is 2.00. The van der Waals surface area contributed by atoms with E-state index >= 15 is 0 Å². The van der Waals surface area contributed by atoms with Gasteiger partial charge in [0.15, 0.2) is 0 Å². The molecular weight excluding hydrogens is 144 g/mol. The Labute approximate surface area is 79.4 Å². The lowest BCUT2D eigenvalue weighted by molar-refractivity contribution is 1.09. The molecule has 0 aromatic rings. The van der Waals surface area contributed by atoms with Gasteiger partial charge < -0.3 is 0 Å². The molecule has 0 rings (SSSR count). The zero-order valence-corrected chi connectivity index (χ0v) is 9.99. The Kier molecular flexibility index (Phi) is 24.6. The molecule has 0 aliphatic rings. The topological polar surface area (TPSA) is 0 Å². The van der Waals surface area contributed by atoms with Gasteiger partial charge in [0.25, 0.3) is 0 Å². The number of rotatable bonds is 1. The largest absolute Gasteiger partial charge is 0.0988 e. The molecule has 0 heterocycles. The molecule has 0 nitrogen and oxygen atoms in total. The van der Waals surface area contributed by atoms with Crippen molar-refractivity contribution in [3.63, 3.8) is 0 Å². The maximum atomic E-state index is 3.62. The van der Waals surface area contributed by atoms with E-state index in [-0.39, 0.29) is 0 Å². The van der Waals surface area contributed by atoms with Gasteiger partial charge in [0.1, 0.15) is 0 Å². The fourth-order valence-electron chi connectivity index (χ4n) is 0.204. The van der Waals surface area contributed by atoms with Crippen LogP contribution in [-0.4, -0.2) is 0 Å². The molecule has 0 aliphatic carbocycles. The monoisotopic (exact) mass is 170 g/mol. The third-order valence-electron chi connectivity index (χ3n) is 1.09. The van der Waals surface area contributed by atoms with E-state index in [9.17, 15) is 0 Å². The molecule has 0 unspecified atom stereocenters. The van der Waals surface area contributed by atoms with Crippen LogP contribution in [0.15, 0.2) is 23.8 Å². The lowest BCUT2D eigenvalue weighted by Gasteiger charge is -1.90. The highest BCUT2D eigenvalue weighted by Gasteiger charge is 1.79. The third-order valence-corrected chi connectivity index (χ3v) is 1.09. The van der Waals surface area contributed by atoms with Gasteiger partial charge in [-0.25, -0.2) is 0 Å². The molecule has 0 amide bonds. The maximum Gasteiger partial charge on any atom is -0.0399 e. The summed E-state index contributed by atoms with van der Waals surface area (Å²) in [5.41, 5.74) is 2.62. The third kappa shape index (κ3) is 22.7. The minimum atomic E-state index is 1.25. The van der Waals surface area contributed by atoms with E-state index in [1.54, 1.807) is 0 Å². The fraction of sp³-hybridized carbons (Fsp3) is 0.667. The van der Waals surface area contributed by atoms with Crippen LogP contribution in [0.3, 0.4) is 0 Å². The van der Waals surface area contributed by atoms with Crippen LogP contribution >= 0.6 is 0 Å². The Hall–Kier alpha value is -0.520. The normalized spacial score (nSPS) is 6.58. The van der Waals surface area contributed by atoms with E-state index in [1.807, 2.05) is 19.9 Å². The van der Waals surface area contributed by atoms with Crippen LogP contribution < -0.4 is 0 Å². The summed E-state index contributed by atoms with van der Waals surface area (Å²) >= 11 is 0. The van der Waals surface area contributed by atoms with E-state index in [0.29, 0.717) is 0 Å². The quantitative estimate of drug-likeness (QED) is 0.487. The van der Waals surface area contributed by atoms with Crippen LogP contribution in [0.2, 0.25) is 0 Å². The van der Waals surface area contributed by atoms with Crippen LogP contribution in [0.4, 0.5) is 0 Å². The summed E-state index contributed by atoms with van der Waals surface area (Å²) in [6.07, 6.45) is 3.12. The molecule has 74 valence electrons. The van der Waals surface area contributed by atoms with Gasteiger partial charge in [0, 0.05) is 0 Å². The summed E-state index contributed by atoms with van der Waals surface area (Å²) in [5, 5.41) is 0. The Morgan fingerprint density at radius 1 is 1.08 bits per heavy atom. The molecule has 0 aromatic heterocycles. The Morgan fingerprint density at radius 2 is 1.33 bits per heavy atom. The molecule has 0 saturated carbocycles. The molecule has 0 bridgehead atoms. The second-order valence-corrected chi connectivity index (χ2v) is 2.59. The molecule has 0 aromatic carbocycles. The zero-order valence-electron chi connectivity index (χ0n) is 9.99. The smallest absolute Gasteiger partial charge is 0.0399 e. The standard InChI is InChI=1S/C7H12.C3H8.C2H6/c1-5-7(4)6(2)3;1-3-2;1-2/h5H,1H2,2-4H3;3H2,1-2H3;1-2H3. The van der Waals surface area contributed by atoms with E-state index < -0.39 is 0 Å². The number of hydrogen-bond donors (Lipinski definition) is 0. The van der Waals surface area contributed by atoms with Gasteiger partial charge in [-0.1, -0.05) is 57.9 Å². The van der Waals surface area contributed by atoms with Crippen LogP contribution in [0, 0.1) is 0 Å². The molecule has 0 radical (unpaired) electrons. The van der Waals surface area contributed by atoms with Crippen LogP contribution in [0.1, 0.15) is 54.9 Å². The fourth-order valence-corrected chi connectivity index (χ4v) is 0.204. The first-order valence-electron chi connectivity index (χ1n) is 4.86. The van der Waals surface area contributed by atoms with E-state index in [1.165, 1.54) is 17.6 Å². The summed E-state index contributed by atoms with van der Waals surface area (Å²) in [6.45, 7) is 18.1. The molecule has 0 N–H and O–H groups in total. The van der Waals surface area contributed by atoms with Crippen molar-refractivity contribution in [2.45, 2.75) is 54.9 Å². The van der Waals surface area contributed by atoms with Crippen molar-refractivity contribution in [1.82, 2.24) is 0 Å². The molecule has 0 atom stereocenters. The first-order valence-corrected chi connectivity index (χ1v) is 4.86. The second kappa shape index (κ2) is 16.8. The van der Waals surface area contributed by atoms with Gasteiger partial charge in [-0.15, -0.1) is 0 Å². The molecule has 0 fully saturated rings. The average molecular weight is 170 g/mol.